The van der Waals surface area contributed by atoms with E-state index in [1.165, 1.54) is 6.07 Å². The Morgan fingerprint density at radius 3 is 2.39 bits per heavy atom. The normalized spacial score (nSPS) is 19.5. The molecule has 2 aromatic rings. The van der Waals surface area contributed by atoms with Gasteiger partial charge in [-0.3, -0.25) is 24.6 Å². The van der Waals surface area contributed by atoms with Crippen molar-refractivity contribution in [1.29, 1.82) is 0 Å². The molecule has 3 heterocycles. The summed E-state index contributed by atoms with van der Waals surface area (Å²) in [7, 11) is 0. The van der Waals surface area contributed by atoms with Crippen LogP contribution in [0, 0.1) is 10.1 Å². The van der Waals surface area contributed by atoms with E-state index in [2.05, 4.69) is 14.9 Å². The van der Waals surface area contributed by atoms with Crippen LogP contribution in [-0.2, 0) is 22.4 Å². The molecule has 4 rings (SSSR count). The van der Waals surface area contributed by atoms with Crippen LogP contribution in [0.15, 0.2) is 15.7 Å². The van der Waals surface area contributed by atoms with Gasteiger partial charge in [-0.2, -0.15) is 0 Å². The third-order valence-corrected chi connectivity index (χ3v) is 5.58. The predicted molar refractivity (Wildman–Crippen MR) is 100 cm³/mol. The zero-order valence-corrected chi connectivity index (χ0v) is 15.6. The summed E-state index contributed by atoms with van der Waals surface area (Å²) in [4.78, 5) is 42.0. The molecule has 2 saturated heterocycles. The van der Waals surface area contributed by atoms with Crippen LogP contribution in [-0.4, -0.2) is 51.9 Å². The van der Waals surface area contributed by atoms with Crippen molar-refractivity contribution in [2.75, 3.05) is 26.3 Å². The topological polar surface area (TPSA) is 131 Å². The van der Waals surface area contributed by atoms with Gasteiger partial charge in [0.2, 0.25) is 0 Å². The largest absolute Gasteiger partial charge is 0.347 e. The summed E-state index contributed by atoms with van der Waals surface area (Å²) in [6.07, 6.45) is 1.87. The molecular formula is C18H22N4O6. The number of rotatable bonds is 4. The van der Waals surface area contributed by atoms with Crippen molar-refractivity contribution in [1.82, 2.24) is 14.9 Å². The van der Waals surface area contributed by atoms with E-state index in [1.807, 2.05) is 6.92 Å². The Kier molecular flexibility index (Phi) is 4.77. The van der Waals surface area contributed by atoms with Crippen molar-refractivity contribution in [2.45, 2.75) is 38.5 Å². The molecule has 28 heavy (non-hydrogen) atoms. The van der Waals surface area contributed by atoms with E-state index in [-0.39, 0.29) is 11.2 Å². The van der Waals surface area contributed by atoms with Crippen LogP contribution in [0.2, 0.25) is 0 Å². The Morgan fingerprint density at radius 1 is 1.14 bits per heavy atom. The van der Waals surface area contributed by atoms with E-state index in [9.17, 15) is 19.7 Å². The average Bonchev–Trinajstić information content (AvgIpc) is 3.13. The molecule has 150 valence electrons. The van der Waals surface area contributed by atoms with E-state index in [0.717, 1.165) is 0 Å². The van der Waals surface area contributed by atoms with Gasteiger partial charge in [-0.1, -0.05) is 6.92 Å². The van der Waals surface area contributed by atoms with Gasteiger partial charge in [0.25, 0.3) is 5.69 Å². The summed E-state index contributed by atoms with van der Waals surface area (Å²) in [6.45, 7) is 4.89. The third kappa shape index (κ3) is 3.23. The van der Waals surface area contributed by atoms with Crippen molar-refractivity contribution in [2.24, 2.45) is 0 Å². The summed E-state index contributed by atoms with van der Waals surface area (Å²) < 4.78 is 11.5. The molecule has 1 aromatic carbocycles. The molecule has 0 unspecified atom stereocenters. The Balaban J connectivity index is 1.74. The van der Waals surface area contributed by atoms with Gasteiger partial charge in [0, 0.05) is 49.7 Å². The molecule has 10 nitrogen and oxygen atoms in total. The number of aromatic amines is 2. The first-order valence-corrected chi connectivity index (χ1v) is 9.38. The first kappa shape index (κ1) is 18.8. The molecule has 0 amide bonds. The van der Waals surface area contributed by atoms with Crippen molar-refractivity contribution < 1.29 is 14.4 Å². The number of H-pyrrole nitrogens is 2. The Morgan fingerprint density at radius 2 is 1.79 bits per heavy atom. The molecule has 2 fully saturated rings. The number of aromatic nitrogens is 2. The summed E-state index contributed by atoms with van der Waals surface area (Å²) >= 11 is 0. The van der Waals surface area contributed by atoms with Crippen LogP contribution in [0.4, 0.5) is 5.69 Å². The molecular weight excluding hydrogens is 368 g/mol. The van der Waals surface area contributed by atoms with E-state index in [1.54, 1.807) is 0 Å². The minimum atomic E-state index is -0.826. The fraction of sp³-hybridized carbons (Fsp3) is 0.556. The monoisotopic (exact) mass is 390 g/mol. The lowest BCUT2D eigenvalue weighted by Crippen LogP contribution is -2.44. The van der Waals surface area contributed by atoms with E-state index in [4.69, 9.17) is 9.47 Å². The molecule has 2 aliphatic rings. The maximum Gasteiger partial charge on any atom is 0.314 e. The van der Waals surface area contributed by atoms with Crippen LogP contribution >= 0.6 is 0 Å². The average molecular weight is 390 g/mol. The first-order valence-electron chi connectivity index (χ1n) is 9.38. The molecule has 0 bridgehead atoms. The minimum Gasteiger partial charge on any atom is -0.347 e. The molecule has 0 aliphatic carbocycles. The van der Waals surface area contributed by atoms with Gasteiger partial charge in [-0.25, -0.2) is 0 Å². The van der Waals surface area contributed by atoms with Crippen LogP contribution in [0.3, 0.4) is 0 Å². The second-order valence-corrected chi connectivity index (χ2v) is 7.18. The number of hydrogen-bond donors (Lipinski definition) is 2. The quantitative estimate of drug-likeness (QED) is 0.453. The molecule has 0 atom stereocenters. The summed E-state index contributed by atoms with van der Waals surface area (Å²) in [5.41, 5.74) is 0.296. The van der Waals surface area contributed by atoms with Gasteiger partial charge in [0.05, 0.1) is 29.2 Å². The summed E-state index contributed by atoms with van der Waals surface area (Å²) in [6, 6.07) is 1.32. The Bertz CT molecular complexity index is 1030. The first-order chi connectivity index (χ1) is 13.4. The van der Waals surface area contributed by atoms with Crippen molar-refractivity contribution >= 4 is 16.7 Å². The minimum absolute atomic E-state index is 0.0522. The van der Waals surface area contributed by atoms with Gasteiger partial charge < -0.3 is 19.4 Å². The Labute approximate surface area is 159 Å². The van der Waals surface area contributed by atoms with Crippen molar-refractivity contribution in [3.05, 3.63) is 48.0 Å². The highest BCUT2D eigenvalue weighted by Crippen LogP contribution is 2.34. The number of likely N-dealkylation sites (tertiary alicyclic amines) is 1. The molecule has 1 aromatic heterocycles. The van der Waals surface area contributed by atoms with Crippen LogP contribution in [0.5, 0.6) is 0 Å². The number of nitrogens with one attached hydrogen (secondary N) is 2. The van der Waals surface area contributed by atoms with E-state index < -0.39 is 21.8 Å². The summed E-state index contributed by atoms with van der Waals surface area (Å²) in [5, 5.41) is 11.6. The fourth-order valence-corrected chi connectivity index (χ4v) is 4.15. The van der Waals surface area contributed by atoms with Crippen LogP contribution in [0.1, 0.15) is 30.9 Å². The zero-order chi connectivity index (χ0) is 19.9. The maximum atomic E-state index is 11.9. The Hall–Kier alpha value is -2.56. The van der Waals surface area contributed by atoms with Crippen molar-refractivity contribution in [3.63, 3.8) is 0 Å². The van der Waals surface area contributed by atoms with Gasteiger partial charge >= 0.3 is 11.1 Å². The van der Waals surface area contributed by atoms with Crippen LogP contribution < -0.4 is 11.1 Å². The lowest BCUT2D eigenvalue weighted by Gasteiger charge is -2.37. The molecule has 1 spiro atoms. The lowest BCUT2D eigenvalue weighted by atomic mass is 9.98. The highest BCUT2D eigenvalue weighted by Gasteiger charge is 2.40. The van der Waals surface area contributed by atoms with Gasteiger partial charge in [-0.15, -0.1) is 0 Å². The SMILES string of the molecule is CCc1c([N+](=O)[O-])cc2[nH]c(=O)c(=O)[nH]c2c1CN1CCC2(CC1)OCCO2. The number of hydrogen-bond acceptors (Lipinski definition) is 7. The van der Waals surface area contributed by atoms with Crippen molar-refractivity contribution in [3.8, 4) is 0 Å². The van der Waals surface area contributed by atoms with Gasteiger partial charge in [0.1, 0.15) is 0 Å². The lowest BCUT2D eigenvalue weighted by molar-refractivity contribution is -0.385. The number of nitrogens with zero attached hydrogens (tertiary/aromatic N) is 2. The molecule has 2 aliphatic heterocycles. The van der Waals surface area contributed by atoms with E-state index >= 15 is 0 Å². The predicted octanol–water partition coefficient (Wildman–Crippen LogP) is 1.03. The number of nitro groups is 1. The molecule has 0 saturated carbocycles. The maximum absolute atomic E-state index is 11.9. The number of ether oxygens (including phenoxy) is 2. The second-order valence-electron chi connectivity index (χ2n) is 7.18. The number of nitro benzene ring substituents is 1. The second kappa shape index (κ2) is 7.12. The zero-order valence-electron chi connectivity index (χ0n) is 15.6. The molecule has 10 heteroatoms. The number of benzene rings is 1. The molecule has 0 radical (unpaired) electrons. The highest BCUT2D eigenvalue weighted by atomic mass is 16.7. The molecule has 2 N–H and O–H groups in total. The number of fused-ring (bicyclic) bond motifs is 1. The number of piperidine rings is 1. The standard InChI is InChI=1S/C18H22N4O6/c1-2-11-12(10-21-5-3-18(4-6-21)27-7-8-28-18)15-13(9-14(11)22(25)26)19-16(23)17(24)20-15/h9H,2-8,10H2,1H3,(H,19,23)(H,20,24). The fourth-order valence-electron chi connectivity index (χ4n) is 4.15. The smallest absolute Gasteiger partial charge is 0.314 e. The van der Waals surface area contributed by atoms with Gasteiger partial charge in [-0.05, 0) is 6.42 Å². The summed E-state index contributed by atoms with van der Waals surface area (Å²) in [5.74, 6) is -0.506. The highest BCUT2D eigenvalue weighted by molar-refractivity contribution is 5.82. The van der Waals surface area contributed by atoms with Gasteiger partial charge in [0.15, 0.2) is 5.79 Å². The van der Waals surface area contributed by atoms with E-state index in [0.29, 0.717) is 68.8 Å². The third-order valence-electron chi connectivity index (χ3n) is 5.58. The van der Waals surface area contributed by atoms with Crippen LogP contribution in [0.25, 0.3) is 11.0 Å².